The number of aliphatic hydroxyl groups is 1. The van der Waals surface area contributed by atoms with Crippen molar-refractivity contribution in [2.45, 2.75) is 44.4 Å². The van der Waals surface area contributed by atoms with E-state index in [1.54, 1.807) is 24.3 Å². The predicted molar refractivity (Wildman–Crippen MR) is 138 cm³/mol. The maximum absolute atomic E-state index is 13.3. The highest BCUT2D eigenvalue weighted by molar-refractivity contribution is 5.98. The smallest absolute Gasteiger partial charge is 0.246 e. The molecular weight excluding hydrogens is 478 g/mol. The summed E-state index contributed by atoms with van der Waals surface area (Å²) in [6, 6.07) is 13.9. The minimum absolute atomic E-state index is 0.117. The van der Waals surface area contributed by atoms with E-state index in [0.29, 0.717) is 37.1 Å². The molecule has 2 aromatic carbocycles. The van der Waals surface area contributed by atoms with E-state index in [0.717, 1.165) is 5.56 Å². The van der Waals surface area contributed by atoms with Crippen molar-refractivity contribution >= 4 is 29.3 Å². The molecule has 11 nitrogen and oxygen atoms in total. The fourth-order valence-electron chi connectivity index (χ4n) is 3.50. The van der Waals surface area contributed by atoms with E-state index in [9.17, 15) is 24.3 Å². The second-order valence-corrected chi connectivity index (χ2v) is 8.46. The number of rotatable bonds is 16. The van der Waals surface area contributed by atoms with Crippen LogP contribution in [0.4, 0.5) is 5.69 Å². The summed E-state index contributed by atoms with van der Waals surface area (Å²) in [5.41, 5.74) is 12.6. The van der Waals surface area contributed by atoms with E-state index in [1.165, 1.54) is 0 Å². The first-order valence-corrected chi connectivity index (χ1v) is 12.0. The zero-order valence-electron chi connectivity index (χ0n) is 20.7. The number of nitrogens with one attached hydrogen (secondary N) is 3. The molecule has 0 aliphatic heterocycles. The summed E-state index contributed by atoms with van der Waals surface area (Å²) in [6.07, 6.45) is 1.80. The van der Waals surface area contributed by atoms with Gasteiger partial charge < -0.3 is 37.3 Å². The predicted octanol–water partition coefficient (Wildman–Crippen LogP) is -0.0394. The number of hydrogen-bond donors (Lipinski definition) is 6. The highest BCUT2D eigenvalue weighted by atomic mass is 16.5. The third kappa shape index (κ3) is 11.2. The summed E-state index contributed by atoms with van der Waals surface area (Å²) in [5, 5.41) is 17.3. The van der Waals surface area contributed by atoms with Crippen molar-refractivity contribution < 1.29 is 29.0 Å². The topological polar surface area (TPSA) is 186 Å². The number of aliphatic hydroxyl groups excluding tert-OH is 1. The fraction of sp³-hybridized carbons (Fsp3) is 0.385. The number of benzene rings is 2. The Kier molecular flexibility index (Phi) is 12.8. The summed E-state index contributed by atoms with van der Waals surface area (Å²) < 4.78 is 4.95. The number of primary amides is 1. The molecule has 4 amide bonds. The van der Waals surface area contributed by atoms with Crippen LogP contribution in [0.15, 0.2) is 54.6 Å². The lowest BCUT2D eigenvalue weighted by Crippen LogP contribution is -2.54. The van der Waals surface area contributed by atoms with Crippen molar-refractivity contribution in [2.24, 2.45) is 11.5 Å². The zero-order valence-corrected chi connectivity index (χ0v) is 20.7. The maximum atomic E-state index is 13.3. The Bertz CT molecular complexity index is 1020. The van der Waals surface area contributed by atoms with Crippen molar-refractivity contribution in [1.82, 2.24) is 10.6 Å². The van der Waals surface area contributed by atoms with Gasteiger partial charge in [-0.3, -0.25) is 19.2 Å². The van der Waals surface area contributed by atoms with Gasteiger partial charge in [0.2, 0.25) is 23.6 Å². The molecule has 2 atom stereocenters. The molecule has 0 aliphatic rings. The molecule has 0 spiro atoms. The average molecular weight is 514 g/mol. The van der Waals surface area contributed by atoms with Gasteiger partial charge in [-0.25, -0.2) is 0 Å². The summed E-state index contributed by atoms with van der Waals surface area (Å²) in [5.74, 6) is -2.29. The molecule has 37 heavy (non-hydrogen) atoms. The molecule has 0 aliphatic carbocycles. The first-order chi connectivity index (χ1) is 17.8. The van der Waals surface area contributed by atoms with E-state index < -0.39 is 48.9 Å². The monoisotopic (exact) mass is 513 g/mol. The fourth-order valence-corrected chi connectivity index (χ4v) is 3.50. The van der Waals surface area contributed by atoms with Crippen molar-refractivity contribution in [1.29, 1.82) is 0 Å². The quantitative estimate of drug-likeness (QED) is 0.170. The Morgan fingerprint density at radius 1 is 0.838 bits per heavy atom. The summed E-state index contributed by atoms with van der Waals surface area (Å²) >= 11 is 0. The van der Waals surface area contributed by atoms with Gasteiger partial charge in [0.05, 0.1) is 6.61 Å². The Hall–Kier alpha value is -3.80. The second kappa shape index (κ2) is 16.0. The Balaban J connectivity index is 2.13. The van der Waals surface area contributed by atoms with Crippen molar-refractivity contribution in [2.75, 3.05) is 25.1 Å². The summed E-state index contributed by atoms with van der Waals surface area (Å²) in [7, 11) is 0. The van der Waals surface area contributed by atoms with E-state index in [1.807, 2.05) is 30.3 Å². The van der Waals surface area contributed by atoms with Gasteiger partial charge in [0.25, 0.3) is 0 Å². The van der Waals surface area contributed by atoms with Crippen LogP contribution >= 0.6 is 0 Å². The van der Waals surface area contributed by atoms with Crippen LogP contribution in [0.5, 0.6) is 0 Å². The normalized spacial score (nSPS) is 12.3. The van der Waals surface area contributed by atoms with Gasteiger partial charge in [0.15, 0.2) is 0 Å². The first kappa shape index (κ1) is 29.4. The van der Waals surface area contributed by atoms with Crippen LogP contribution in [-0.4, -0.2) is 60.6 Å². The largest absolute Gasteiger partial charge is 0.392 e. The molecule has 8 N–H and O–H groups in total. The summed E-state index contributed by atoms with van der Waals surface area (Å²) in [6.45, 7) is -0.547. The van der Waals surface area contributed by atoms with Gasteiger partial charge in [0, 0.05) is 12.1 Å². The number of carbonyl (C=O) groups is 4. The van der Waals surface area contributed by atoms with E-state index in [-0.39, 0.29) is 13.0 Å². The molecule has 2 rings (SSSR count). The van der Waals surface area contributed by atoms with Crippen LogP contribution in [0.1, 0.15) is 30.4 Å². The van der Waals surface area contributed by atoms with E-state index in [2.05, 4.69) is 16.0 Å². The number of anilines is 1. The van der Waals surface area contributed by atoms with Crippen LogP contribution in [0, 0.1) is 0 Å². The first-order valence-electron chi connectivity index (χ1n) is 12.0. The average Bonchev–Trinajstić information content (AvgIpc) is 2.88. The molecule has 2 unspecified atom stereocenters. The second-order valence-electron chi connectivity index (χ2n) is 8.46. The highest BCUT2D eigenvalue weighted by Crippen LogP contribution is 2.12. The number of hydrogen-bond acceptors (Lipinski definition) is 7. The molecule has 200 valence electrons. The maximum Gasteiger partial charge on any atom is 0.246 e. The van der Waals surface area contributed by atoms with Gasteiger partial charge >= 0.3 is 0 Å². The number of amides is 4. The standard InChI is InChI=1S/C26H35N5O6/c27-13-5-4-8-21(25(35)29-20-11-9-19(15-32)10-12-20)31-26(36)22(14-18-6-2-1-3-7-18)30-24(34)17-37-16-23(28)33/h1-3,6-7,9-12,21-22,32H,4-5,8,13-17,27H2,(H2,28,33)(H,29,35)(H,30,34)(H,31,36). The Morgan fingerprint density at radius 3 is 2.16 bits per heavy atom. The molecule has 0 fully saturated rings. The molecule has 0 aromatic heterocycles. The Morgan fingerprint density at radius 2 is 1.54 bits per heavy atom. The van der Waals surface area contributed by atoms with Gasteiger partial charge in [-0.2, -0.15) is 0 Å². The molecule has 0 radical (unpaired) electrons. The van der Waals surface area contributed by atoms with Gasteiger partial charge in [-0.05, 0) is 49.1 Å². The van der Waals surface area contributed by atoms with Crippen molar-refractivity contribution in [3.63, 3.8) is 0 Å². The van der Waals surface area contributed by atoms with Crippen LogP contribution in [0.2, 0.25) is 0 Å². The number of unbranched alkanes of at least 4 members (excludes halogenated alkanes) is 1. The third-order valence-electron chi connectivity index (χ3n) is 5.40. The van der Waals surface area contributed by atoms with E-state index >= 15 is 0 Å². The van der Waals surface area contributed by atoms with Gasteiger partial charge in [-0.15, -0.1) is 0 Å². The van der Waals surface area contributed by atoms with Crippen LogP contribution in [0.25, 0.3) is 0 Å². The molecule has 11 heteroatoms. The number of ether oxygens (including phenoxy) is 1. The molecule has 2 aromatic rings. The minimum Gasteiger partial charge on any atom is -0.392 e. The van der Waals surface area contributed by atoms with Crippen LogP contribution in [-0.2, 0) is 36.9 Å². The minimum atomic E-state index is -0.999. The van der Waals surface area contributed by atoms with Crippen LogP contribution in [0.3, 0.4) is 0 Å². The van der Waals surface area contributed by atoms with Crippen molar-refractivity contribution in [3.8, 4) is 0 Å². The lowest BCUT2D eigenvalue weighted by Gasteiger charge is -2.23. The molecule has 0 heterocycles. The third-order valence-corrected chi connectivity index (χ3v) is 5.40. The molecular formula is C26H35N5O6. The molecule has 0 saturated heterocycles. The summed E-state index contributed by atoms with van der Waals surface area (Å²) in [4.78, 5) is 49.6. The lowest BCUT2D eigenvalue weighted by molar-refractivity contribution is -0.134. The van der Waals surface area contributed by atoms with Gasteiger partial charge in [-0.1, -0.05) is 42.5 Å². The highest BCUT2D eigenvalue weighted by Gasteiger charge is 2.27. The number of nitrogens with two attached hydrogens (primary N) is 2. The van der Waals surface area contributed by atoms with Gasteiger partial charge in [0.1, 0.15) is 25.3 Å². The molecule has 0 bridgehead atoms. The molecule has 0 saturated carbocycles. The zero-order chi connectivity index (χ0) is 27.0. The number of carbonyl (C=O) groups excluding carboxylic acids is 4. The SMILES string of the molecule is NCCCCC(NC(=O)C(Cc1ccccc1)NC(=O)COCC(N)=O)C(=O)Nc1ccc(CO)cc1. The van der Waals surface area contributed by atoms with Crippen molar-refractivity contribution in [3.05, 3.63) is 65.7 Å². The van der Waals surface area contributed by atoms with E-state index in [4.69, 9.17) is 16.2 Å². The lowest BCUT2D eigenvalue weighted by atomic mass is 10.0. The van der Waals surface area contributed by atoms with Crippen LogP contribution < -0.4 is 27.4 Å². The Labute approximate surface area is 215 Å².